The van der Waals surface area contributed by atoms with Gasteiger partial charge in [0.15, 0.2) is 0 Å². The van der Waals surface area contributed by atoms with E-state index in [2.05, 4.69) is 22.5 Å². The molecule has 0 atom stereocenters. The molecule has 2 aromatic rings. The van der Waals surface area contributed by atoms with Gasteiger partial charge in [0.2, 0.25) is 0 Å². The van der Waals surface area contributed by atoms with Crippen molar-refractivity contribution in [3.8, 4) is 11.1 Å². The first kappa shape index (κ1) is 12.1. The summed E-state index contributed by atoms with van der Waals surface area (Å²) < 4.78 is 25.4. The fraction of sp³-hybridized carbons (Fsp3) is 0.357. The molecular formula is C14H15N3O2S. The van der Waals surface area contributed by atoms with Gasteiger partial charge in [0.05, 0.1) is 17.6 Å². The molecule has 20 heavy (non-hydrogen) atoms. The number of nitrogens with zero attached hydrogens (tertiary/aromatic N) is 2. The van der Waals surface area contributed by atoms with Gasteiger partial charge < -0.3 is 5.32 Å². The molecule has 1 N–H and O–H groups in total. The van der Waals surface area contributed by atoms with Crippen LogP contribution < -0.4 is 5.32 Å². The first-order chi connectivity index (χ1) is 9.64. The Kier molecular flexibility index (Phi) is 2.52. The van der Waals surface area contributed by atoms with E-state index in [1.165, 1.54) is 11.1 Å². The number of rotatable bonds is 3. The van der Waals surface area contributed by atoms with Crippen molar-refractivity contribution >= 4 is 10.0 Å². The molecule has 1 aromatic carbocycles. The zero-order chi connectivity index (χ0) is 13.7. The first-order valence-electron chi connectivity index (χ1n) is 6.76. The van der Waals surface area contributed by atoms with Gasteiger partial charge in [-0.2, -0.15) is 9.19 Å². The van der Waals surface area contributed by atoms with E-state index in [1.807, 2.05) is 6.07 Å². The molecule has 0 saturated heterocycles. The number of hydrogen-bond acceptors (Lipinski definition) is 4. The molecule has 104 valence electrons. The monoisotopic (exact) mass is 289 g/mol. The molecule has 0 amide bonds. The first-order valence-corrected chi connectivity index (χ1v) is 8.27. The van der Waals surface area contributed by atoms with Crippen LogP contribution in [0.4, 0.5) is 0 Å². The second kappa shape index (κ2) is 4.17. The SMILES string of the molecule is O=S(=O)(C1CC1)n1cc(-c2ccc3c(c2)CNC3)cn1. The molecule has 0 bridgehead atoms. The quantitative estimate of drug-likeness (QED) is 0.930. The summed E-state index contributed by atoms with van der Waals surface area (Å²) in [5.74, 6) is 0. The predicted octanol–water partition coefficient (Wildman–Crippen LogP) is 1.49. The van der Waals surface area contributed by atoms with E-state index in [-0.39, 0.29) is 5.25 Å². The minimum atomic E-state index is -3.27. The van der Waals surface area contributed by atoms with Crippen molar-refractivity contribution < 1.29 is 8.42 Å². The molecule has 1 aromatic heterocycles. The average Bonchev–Trinajstić information content (AvgIpc) is 3.02. The van der Waals surface area contributed by atoms with E-state index in [0.29, 0.717) is 0 Å². The highest BCUT2D eigenvalue weighted by Gasteiger charge is 2.37. The molecule has 1 aliphatic heterocycles. The second-order valence-corrected chi connectivity index (χ2v) is 7.50. The lowest BCUT2D eigenvalue weighted by Gasteiger charge is -2.02. The number of fused-ring (bicyclic) bond motifs is 1. The van der Waals surface area contributed by atoms with Crippen LogP contribution in [0, 0.1) is 0 Å². The highest BCUT2D eigenvalue weighted by molar-refractivity contribution is 7.90. The molecule has 0 radical (unpaired) electrons. The summed E-state index contributed by atoms with van der Waals surface area (Å²) in [5.41, 5.74) is 4.46. The van der Waals surface area contributed by atoms with Crippen molar-refractivity contribution in [3.05, 3.63) is 41.7 Å². The highest BCUT2D eigenvalue weighted by Crippen LogP contribution is 2.31. The van der Waals surface area contributed by atoms with Crippen molar-refractivity contribution in [1.29, 1.82) is 0 Å². The van der Waals surface area contributed by atoms with Gasteiger partial charge in [-0.15, -0.1) is 0 Å². The van der Waals surface area contributed by atoms with Crippen LogP contribution in [0.25, 0.3) is 11.1 Å². The molecule has 1 fully saturated rings. The van der Waals surface area contributed by atoms with Gasteiger partial charge in [-0.05, 0) is 35.6 Å². The standard InChI is InChI=1S/C14H15N3O2S/c18-20(19,14-3-4-14)17-9-13(8-16-17)10-1-2-11-6-15-7-12(11)5-10/h1-2,5,8-9,14-15H,3-4,6-7H2. The number of hydrogen-bond donors (Lipinski definition) is 1. The molecule has 2 heterocycles. The van der Waals surface area contributed by atoms with Crippen molar-refractivity contribution in [2.24, 2.45) is 0 Å². The minimum absolute atomic E-state index is 0.237. The van der Waals surface area contributed by atoms with Gasteiger partial charge >= 0.3 is 0 Å². The third-order valence-corrected chi connectivity index (χ3v) is 5.97. The molecule has 5 nitrogen and oxygen atoms in total. The normalized spacial score (nSPS) is 18.2. The Labute approximate surface area is 117 Å². The molecule has 4 rings (SSSR count). The maximum atomic E-state index is 12.1. The Morgan fingerprint density at radius 3 is 2.75 bits per heavy atom. The van der Waals surface area contributed by atoms with E-state index in [4.69, 9.17) is 0 Å². The molecule has 2 aliphatic rings. The fourth-order valence-corrected chi connectivity index (χ4v) is 4.06. The topological polar surface area (TPSA) is 64.0 Å². The number of nitrogens with one attached hydrogen (secondary N) is 1. The Morgan fingerprint density at radius 2 is 1.95 bits per heavy atom. The van der Waals surface area contributed by atoms with E-state index in [0.717, 1.165) is 41.1 Å². The van der Waals surface area contributed by atoms with Gasteiger partial charge in [0.25, 0.3) is 10.0 Å². The molecular weight excluding hydrogens is 274 g/mol. The number of benzene rings is 1. The third kappa shape index (κ3) is 1.87. The zero-order valence-electron chi connectivity index (χ0n) is 10.9. The van der Waals surface area contributed by atoms with Gasteiger partial charge in [0.1, 0.15) is 0 Å². The maximum absolute atomic E-state index is 12.1. The van der Waals surface area contributed by atoms with E-state index in [9.17, 15) is 8.42 Å². The molecule has 0 unspecified atom stereocenters. The summed E-state index contributed by atoms with van der Waals surface area (Å²) in [6, 6.07) is 6.23. The van der Waals surface area contributed by atoms with Crippen LogP contribution in [0.15, 0.2) is 30.6 Å². The molecule has 1 saturated carbocycles. The Bertz CT molecular complexity index is 775. The number of aromatic nitrogens is 2. The van der Waals surface area contributed by atoms with Gasteiger partial charge in [-0.1, -0.05) is 12.1 Å². The summed E-state index contributed by atoms with van der Waals surface area (Å²) in [7, 11) is -3.27. The summed E-state index contributed by atoms with van der Waals surface area (Å²) in [4.78, 5) is 0. The van der Waals surface area contributed by atoms with Gasteiger partial charge in [0, 0.05) is 18.7 Å². The molecule has 1 aliphatic carbocycles. The third-order valence-electron chi connectivity index (χ3n) is 3.94. The molecule has 6 heteroatoms. The van der Waals surface area contributed by atoms with Crippen LogP contribution in [0.2, 0.25) is 0 Å². The van der Waals surface area contributed by atoms with Crippen molar-refractivity contribution in [2.45, 2.75) is 31.2 Å². The lowest BCUT2D eigenvalue weighted by Crippen LogP contribution is -2.17. The summed E-state index contributed by atoms with van der Waals surface area (Å²) in [6.45, 7) is 1.78. The lowest BCUT2D eigenvalue weighted by atomic mass is 10.0. The minimum Gasteiger partial charge on any atom is -0.309 e. The summed E-state index contributed by atoms with van der Waals surface area (Å²) in [5, 5.41) is 7.10. The molecule has 0 spiro atoms. The predicted molar refractivity (Wildman–Crippen MR) is 75.5 cm³/mol. The maximum Gasteiger partial charge on any atom is 0.256 e. The largest absolute Gasteiger partial charge is 0.309 e. The van der Waals surface area contributed by atoms with Crippen molar-refractivity contribution in [3.63, 3.8) is 0 Å². The van der Waals surface area contributed by atoms with Crippen molar-refractivity contribution in [2.75, 3.05) is 0 Å². The van der Waals surface area contributed by atoms with Crippen LogP contribution in [0.1, 0.15) is 24.0 Å². The van der Waals surface area contributed by atoms with Crippen LogP contribution >= 0.6 is 0 Å². The highest BCUT2D eigenvalue weighted by atomic mass is 32.2. The van der Waals surface area contributed by atoms with Gasteiger partial charge in [-0.3, -0.25) is 0 Å². The fourth-order valence-electron chi connectivity index (χ4n) is 2.59. The Balaban J connectivity index is 1.71. The lowest BCUT2D eigenvalue weighted by molar-refractivity contribution is 0.578. The van der Waals surface area contributed by atoms with Crippen LogP contribution in [0.3, 0.4) is 0 Å². The smallest absolute Gasteiger partial charge is 0.256 e. The summed E-state index contributed by atoms with van der Waals surface area (Å²) >= 11 is 0. The van der Waals surface area contributed by atoms with Crippen LogP contribution in [-0.2, 0) is 23.1 Å². The summed E-state index contributed by atoms with van der Waals surface area (Å²) in [6.07, 6.45) is 4.76. The average molecular weight is 289 g/mol. The van der Waals surface area contributed by atoms with E-state index in [1.54, 1.807) is 12.4 Å². The van der Waals surface area contributed by atoms with E-state index < -0.39 is 10.0 Å². The second-order valence-electron chi connectivity index (χ2n) is 5.43. The Hall–Kier alpha value is -1.66. The van der Waals surface area contributed by atoms with E-state index >= 15 is 0 Å². The van der Waals surface area contributed by atoms with Crippen LogP contribution in [-0.4, -0.2) is 22.9 Å². The van der Waals surface area contributed by atoms with Crippen molar-refractivity contribution in [1.82, 2.24) is 14.5 Å². The zero-order valence-corrected chi connectivity index (χ0v) is 11.7. The van der Waals surface area contributed by atoms with Crippen LogP contribution in [0.5, 0.6) is 0 Å². The Morgan fingerprint density at radius 1 is 1.15 bits per heavy atom. The van der Waals surface area contributed by atoms with Gasteiger partial charge in [-0.25, -0.2) is 8.42 Å².